The molecule has 2 aliphatic heterocycles. The van der Waals surface area contributed by atoms with Crippen molar-refractivity contribution in [1.29, 1.82) is 0 Å². The summed E-state index contributed by atoms with van der Waals surface area (Å²) in [6.07, 6.45) is 0.789. The van der Waals surface area contributed by atoms with E-state index in [-0.39, 0.29) is 18.2 Å². The molecule has 2 aromatic rings. The fourth-order valence-corrected chi connectivity index (χ4v) is 3.46. The highest BCUT2D eigenvalue weighted by Crippen LogP contribution is 2.34. The van der Waals surface area contributed by atoms with Crippen molar-refractivity contribution < 1.29 is 19.1 Å². The second kappa shape index (κ2) is 6.63. The van der Waals surface area contributed by atoms with E-state index in [0.717, 1.165) is 12.0 Å². The van der Waals surface area contributed by atoms with E-state index in [4.69, 9.17) is 4.74 Å². The summed E-state index contributed by atoms with van der Waals surface area (Å²) < 4.78 is 5.32. The number of ether oxygens (including phenoxy) is 1. The number of rotatable bonds is 4. The van der Waals surface area contributed by atoms with Gasteiger partial charge in [-0.15, -0.1) is 0 Å². The topological polar surface area (TPSA) is 75.7 Å². The lowest BCUT2D eigenvalue weighted by Gasteiger charge is -2.20. The van der Waals surface area contributed by atoms with Crippen LogP contribution in [0.2, 0.25) is 0 Å². The van der Waals surface area contributed by atoms with Gasteiger partial charge in [0.25, 0.3) is 0 Å². The molecule has 0 radical (unpaired) electrons. The predicted molar refractivity (Wildman–Crippen MR) is 95.9 cm³/mol. The van der Waals surface area contributed by atoms with Crippen molar-refractivity contribution >= 4 is 29.2 Å². The molecule has 132 valence electrons. The van der Waals surface area contributed by atoms with Crippen molar-refractivity contribution in [3.8, 4) is 0 Å². The number of cyclic esters (lactones) is 1. The second-order valence-electron chi connectivity index (χ2n) is 6.40. The molecule has 6 nitrogen and oxygen atoms in total. The number of anilines is 2. The van der Waals surface area contributed by atoms with Gasteiger partial charge in [0.15, 0.2) is 0 Å². The molecule has 0 saturated carbocycles. The van der Waals surface area contributed by atoms with Crippen LogP contribution in [-0.4, -0.2) is 24.3 Å². The van der Waals surface area contributed by atoms with Crippen LogP contribution >= 0.6 is 0 Å². The van der Waals surface area contributed by atoms with Crippen LogP contribution in [0.4, 0.5) is 11.4 Å². The Morgan fingerprint density at radius 1 is 1.12 bits per heavy atom. The highest BCUT2D eigenvalue weighted by atomic mass is 16.5. The number of nitrogens with zero attached hydrogens (tertiary/aromatic N) is 1. The van der Waals surface area contributed by atoms with Crippen LogP contribution in [0.1, 0.15) is 41.3 Å². The predicted octanol–water partition coefficient (Wildman–Crippen LogP) is 3.05. The minimum Gasteiger partial charge on any atom is -0.453 e. The van der Waals surface area contributed by atoms with E-state index in [1.165, 1.54) is 0 Å². The van der Waals surface area contributed by atoms with Crippen LogP contribution in [0.5, 0.6) is 0 Å². The molecule has 0 aliphatic carbocycles. The van der Waals surface area contributed by atoms with Crippen LogP contribution < -0.4 is 10.2 Å². The zero-order valence-corrected chi connectivity index (χ0v) is 14.1. The highest BCUT2D eigenvalue weighted by molar-refractivity contribution is 6.02. The monoisotopic (exact) mass is 350 g/mol. The number of esters is 1. The Labute approximate surface area is 150 Å². The molecule has 0 aromatic heterocycles. The Morgan fingerprint density at radius 2 is 1.88 bits per heavy atom. The number of benzene rings is 2. The Morgan fingerprint density at radius 3 is 2.69 bits per heavy atom. The molecule has 1 saturated heterocycles. The van der Waals surface area contributed by atoms with Gasteiger partial charge in [0.2, 0.25) is 11.8 Å². The Bertz CT molecular complexity index is 893. The van der Waals surface area contributed by atoms with Crippen molar-refractivity contribution in [3.63, 3.8) is 0 Å². The van der Waals surface area contributed by atoms with E-state index >= 15 is 0 Å². The quantitative estimate of drug-likeness (QED) is 0.860. The summed E-state index contributed by atoms with van der Waals surface area (Å²) in [7, 11) is 0. The first-order valence-corrected chi connectivity index (χ1v) is 8.62. The average Bonchev–Trinajstić information content (AvgIpc) is 3.20. The van der Waals surface area contributed by atoms with Gasteiger partial charge in [0.1, 0.15) is 6.10 Å². The molecule has 0 bridgehead atoms. The Balaban J connectivity index is 1.50. The summed E-state index contributed by atoms with van der Waals surface area (Å²) in [5.41, 5.74) is 2.53. The van der Waals surface area contributed by atoms with Crippen molar-refractivity contribution in [1.82, 2.24) is 0 Å². The first-order valence-electron chi connectivity index (χ1n) is 8.62. The molecule has 0 spiro atoms. The lowest BCUT2D eigenvalue weighted by molar-refractivity contribution is -0.118. The number of hydrogen-bond acceptors (Lipinski definition) is 4. The summed E-state index contributed by atoms with van der Waals surface area (Å²) in [6.45, 7) is 0.652. The fourth-order valence-electron chi connectivity index (χ4n) is 3.46. The maximum Gasteiger partial charge on any atom is 0.339 e. The molecule has 1 atom stereocenters. The van der Waals surface area contributed by atoms with Gasteiger partial charge in [-0.25, -0.2) is 4.79 Å². The summed E-state index contributed by atoms with van der Waals surface area (Å²) in [4.78, 5) is 38.1. The van der Waals surface area contributed by atoms with Gasteiger partial charge in [0.05, 0.1) is 23.4 Å². The van der Waals surface area contributed by atoms with Crippen LogP contribution in [0.3, 0.4) is 0 Å². The number of carbonyl (C=O) groups excluding carboxylic acids is 3. The van der Waals surface area contributed by atoms with Crippen LogP contribution in [0.15, 0.2) is 48.5 Å². The average molecular weight is 350 g/mol. The molecule has 1 N–H and O–H groups in total. The highest BCUT2D eigenvalue weighted by Gasteiger charge is 2.32. The maximum atomic E-state index is 12.5. The van der Waals surface area contributed by atoms with Crippen molar-refractivity contribution in [2.75, 3.05) is 16.8 Å². The summed E-state index contributed by atoms with van der Waals surface area (Å²) in [6, 6.07) is 14.3. The Hall–Kier alpha value is -3.15. The maximum absolute atomic E-state index is 12.5. The first kappa shape index (κ1) is 16.3. The van der Waals surface area contributed by atoms with Crippen molar-refractivity contribution in [2.45, 2.75) is 25.4 Å². The van der Waals surface area contributed by atoms with Gasteiger partial charge >= 0.3 is 5.97 Å². The summed E-state index contributed by atoms with van der Waals surface area (Å²) in [5, 5.41) is 2.86. The number of hydrogen-bond donors (Lipinski definition) is 1. The van der Waals surface area contributed by atoms with Crippen molar-refractivity contribution in [3.05, 3.63) is 59.7 Å². The lowest BCUT2D eigenvalue weighted by Crippen LogP contribution is -2.26. The SMILES string of the molecule is O=C(C[C@H]1OC(=O)c2ccccc21)Nc1ccccc1N1CCCC1=O. The molecular formula is C20H18N2O4. The van der Waals surface area contributed by atoms with E-state index in [9.17, 15) is 14.4 Å². The minimum absolute atomic E-state index is 0.0328. The van der Waals surface area contributed by atoms with E-state index < -0.39 is 12.1 Å². The minimum atomic E-state index is -0.584. The number of carbonyl (C=O) groups is 3. The third kappa shape index (κ3) is 2.94. The van der Waals surface area contributed by atoms with Gasteiger partial charge in [0, 0.05) is 18.5 Å². The number of amides is 2. The lowest BCUT2D eigenvalue weighted by atomic mass is 10.0. The molecule has 2 amide bonds. The number of fused-ring (bicyclic) bond motifs is 1. The third-order valence-corrected chi connectivity index (χ3v) is 4.69. The molecule has 1 fully saturated rings. The Kier molecular flexibility index (Phi) is 4.16. The molecule has 2 heterocycles. The zero-order valence-electron chi connectivity index (χ0n) is 14.1. The smallest absolute Gasteiger partial charge is 0.339 e. The van der Waals surface area contributed by atoms with E-state index in [0.29, 0.717) is 29.9 Å². The zero-order chi connectivity index (χ0) is 18.1. The van der Waals surface area contributed by atoms with Gasteiger partial charge in [-0.1, -0.05) is 30.3 Å². The summed E-state index contributed by atoms with van der Waals surface area (Å²) >= 11 is 0. The van der Waals surface area contributed by atoms with E-state index in [1.54, 1.807) is 29.2 Å². The van der Waals surface area contributed by atoms with Gasteiger partial charge in [-0.3, -0.25) is 9.59 Å². The third-order valence-electron chi connectivity index (χ3n) is 4.69. The largest absolute Gasteiger partial charge is 0.453 e. The van der Waals surface area contributed by atoms with E-state index in [1.807, 2.05) is 24.3 Å². The van der Waals surface area contributed by atoms with Crippen LogP contribution in [0, 0.1) is 0 Å². The van der Waals surface area contributed by atoms with E-state index in [2.05, 4.69) is 5.32 Å². The molecule has 4 rings (SSSR count). The molecule has 2 aromatic carbocycles. The van der Waals surface area contributed by atoms with Crippen molar-refractivity contribution in [2.24, 2.45) is 0 Å². The van der Waals surface area contributed by atoms with Gasteiger partial charge < -0.3 is 15.0 Å². The molecule has 6 heteroatoms. The van der Waals surface area contributed by atoms with Crippen LogP contribution in [0.25, 0.3) is 0 Å². The van der Waals surface area contributed by atoms with Crippen LogP contribution in [-0.2, 0) is 14.3 Å². The molecule has 0 unspecified atom stereocenters. The number of para-hydroxylation sites is 2. The summed E-state index contributed by atoms with van der Waals surface area (Å²) in [5.74, 6) is -0.606. The molecule has 26 heavy (non-hydrogen) atoms. The standard InChI is InChI=1S/C20H18N2O4/c23-18(12-17-13-6-1-2-7-14(13)20(25)26-17)21-15-8-3-4-9-16(15)22-11-5-10-19(22)24/h1-4,6-9,17H,5,10-12H2,(H,21,23)/t17-/m1/s1. The van der Waals surface area contributed by atoms with Gasteiger partial charge in [-0.2, -0.15) is 0 Å². The fraction of sp³-hybridized carbons (Fsp3) is 0.250. The number of nitrogens with one attached hydrogen (secondary N) is 1. The second-order valence-corrected chi connectivity index (χ2v) is 6.40. The normalized spacial score (nSPS) is 18.6. The van der Waals surface area contributed by atoms with Gasteiger partial charge in [-0.05, 0) is 24.6 Å². The first-order chi connectivity index (χ1) is 12.6. The molecular weight excluding hydrogens is 332 g/mol. The molecule has 2 aliphatic rings.